The van der Waals surface area contributed by atoms with Crippen molar-refractivity contribution in [2.45, 2.75) is 4.90 Å². The van der Waals surface area contributed by atoms with Gasteiger partial charge in [0.25, 0.3) is 10.0 Å². The van der Waals surface area contributed by atoms with E-state index in [-0.39, 0.29) is 29.4 Å². The van der Waals surface area contributed by atoms with Crippen LogP contribution in [0.2, 0.25) is 0 Å². The number of ether oxygens (including phenoxy) is 2. The van der Waals surface area contributed by atoms with Crippen LogP contribution in [0, 0.1) is 5.82 Å². The summed E-state index contributed by atoms with van der Waals surface area (Å²) in [7, 11) is -3.83. The standard InChI is InChI=1S/C21H18FNO6S/c22-15-5-11-18(12-6-15)30(26,27)23-16-7-9-17(10-8-16)28-13-14-29-20-4-2-1-3-19(20)21(24)25/h1-12,23H,13-14H2,(H,24,25). The zero-order chi connectivity index (χ0) is 21.6. The van der Waals surface area contributed by atoms with Gasteiger partial charge in [-0.15, -0.1) is 0 Å². The normalized spacial score (nSPS) is 11.0. The van der Waals surface area contributed by atoms with Gasteiger partial charge in [-0.05, 0) is 60.7 Å². The van der Waals surface area contributed by atoms with Crippen LogP contribution in [0.5, 0.6) is 11.5 Å². The van der Waals surface area contributed by atoms with Gasteiger partial charge in [-0.3, -0.25) is 4.72 Å². The molecular weight excluding hydrogens is 413 g/mol. The number of para-hydroxylation sites is 1. The van der Waals surface area contributed by atoms with E-state index >= 15 is 0 Å². The van der Waals surface area contributed by atoms with Gasteiger partial charge in [0.15, 0.2) is 0 Å². The number of nitrogens with one attached hydrogen (secondary N) is 1. The minimum absolute atomic E-state index is 0.0528. The molecule has 0 aliphatic carbocycles. The maximum absolute atomic E-state index is 13.0. The Morgan fingerprint density at radius 2 is 1.53 bits per heavy atom. The number of hydrogen-bond acceptors (Lipinski definition) is 5. The van der Waals surface area contributed by atoms with Crippen molar-refractivity contribution >= 4 is 21.7 Å². The number of aromatic carboxylic acids is 1. The van der Waals surface area contributed by atoms with Gasteiger partial charge < -0.3 is 14.6 Å². The molecular formula is C21H18FNO6S. The summed E-state index contributed by atoms with van der Waals surface area (Å²) < 4.78 is 50.9. The average Bonchev–Trinajstić information content (AvgIpc) is 2.72. The largest absolute Gasteiger partial charge is 0.490 e. The lowest BCUT2D eigenvalue weighted by Gasteiger charge is -2.11. The maximum atomic E-state index is 13.0. The Balaban J connectivity index is 1.52. The second-order valence-corrected chi connectivity index (χ2v) is 7.76. The highest BCUT2D eigenvalue weighted by Gasteiger charge is 2.14. The Labute approximate surface area is 172 Å². The fourth-order valence-corrected chi connectivity index (χ4v) is 3.59. The Morgan fingerprint density at radius 1 is 0.900 bits per heavy atom. The summed E-state index contributed by atoms with van der Waals surface area (Å²) >= 11 is 0. The number of carbonyl (C=O) groups is 1. The molecule has 0 saturated heterocycles. The summed E-state index contributed by atoms with van der Waals surface area (Å²) in [6.45, 7) is 0.290. The lowest BCUT2D eigenvalue weighted by Crippen LogP contribution is -2.13. The van der Waals surface area contributed by atoms with Crippen molar-refractivity contribution < 1.29 is 32.2 Å². The lowest BCUT2D eigenvalue weighted by atomic mass is 10.2. The average molecular weight is 431 g/mol. The molecule has 156 valence electrons. The van der Waals surface area contributed by atoms with Gasteiger partial charge in [-0.2, -0.15) is 0 Å². The van der Waals surface area contributed by atoms with E-state index in [4.69, 9.17) is 14.6 Å². The second kappa shape index (κ2) is 9.27. The van der Waals surface area contributed by atoms with Gasteiger partial charge in [-0.25, -0.2) is 17.6 Å². The Kier molecular flexibility index (Phi) is 6.53. The molecule has 0 saturated carbocycles. The summed E-state index contributed by atoms with van der Waals surface area (Å²) in [5.41, 5.74) is 0.383. The molecule has 30 heavy (non-hydrogen) atoms. The van der Waals surface area contributed by atoms with Crippen LogP contribution in [0.15, 0.2) is 77.7 Å². The molecule has 3 aromatic rings. The number of hydrogen-bond donors (Lipinski definition) is 2. The minimum atomic E-state index is -3.83. The molecule has 9 heteroatoms. The van der Waals surface area contributed by atoms with Gasteiger partial charge in [0.1, 0.15) is 36.1 Å². The van der Waals surface area contributed by atoms with Crippen molar-refractivity contribution in [1.82, 2.24) is 0 Å². The van der Waals surface area contributed by atoms with E-state index in [0.29, 0.717) is 11.4 Å². The van der Waals surface area contributed by atoms with Crippen LogP contribution in [-0.4, -0.2) is 32.7 Å². The zero-order valence-electron chi connectivity index (χ0n) is 15.6. The predicted octanol–water partition coefficient (Wildman–Crippen LogP) is 3.78. The van der Waals surface area contributed by atoms with Crippen molar-refractivity contribution in [1.29, 1.82) is 0 Å². The van der Waals surface area contributed by atoms with Crippen LogP contribution < -0.4 is 14.2 Å². The van der Waals surface area contributed by atoms with Crippen molar-refractivity contribution in [3.05, 3.63) is 84.2 Å². The fraction of sp³-hybridized carbons (Fsp3) is 0.0952. The van der Waals surface area contributed by atoms with Crippen LogP contribution in [0.4, 0.5) is 10.1 Å². The van der Waals surface area contributed by atoms with E-state index < -0.39 is 21.8 Å². The molecule has 0 bridgehead atoms. The van der Waals surface area contributed by atoms with Crippen molar-refractivity contribution in [2.75, 3.05) is 17.9 Å². The maximum Gasteiger partial charge on any atom is 0.339 e. The first kappa shape index (κ1) is 21.1. The molecule has 0 aromatic heterocycles. The van der Waals surface area contributed by atoms with Crippen LogP contribution >= 0.6 is 0 Å². The van der Waals surface area contributed by atoms with Crippen molar-refractivity contribution in [3.63, 3.8) is 0 Å². The van der Waals surface area contributed by atoms with E-state index in [2.05, 4.69) is 4.72 Å². The summed E-state index contributed by atoms with van der Waals surface area (Å²) in [6.07, 6.45) is 0. The zero-order valence-corrected chi connectivity index (χ0v) is 16.4. The molecule has 3 rings (SSSR count). The van der Waals surface area contributed by atoms with E-state index in [1.807, 2.05) is 0 Å². The third kappa shape index (κ3) is 5.48. The Bertz CT molecular complexity index is 1110. The van der Waals surface area contributed by atoms with E-state index in [9.17, 15) is 17.6 Å². The highest BCUT2D eigenvalue weighted by molar-refractivity contribution is 7.92. The summed E-state index contributed by atoms with van der Waals surface area (Å²) in [5, 5.41) is 9.12. The molecule has 0 unspecified atom stereocenters. The van der Waals surface area contributed by atoms with Crippen LogP contribution in [-0.2, 0) is 10.0 Å². The van der Waals surface area contributed by atoms with Gasteiger partial charge >= 0.3 is 5.97 Å². The quantitative estimate of drug-likeness (QED) is 0.500. The Hall–Kier alpha value is -3.59. The first-order valence-corrected chi connectivity index (χ1v) is 10.3. The summed E-state index contributed by atoms with van der Waals surface area (Å²) in [6, 6.07) is 17.0. The van der Waals surface area contributed by atoms with Gasteiger partial charge in [0.05, 0.1) is 4.90 Å². The van der Waals surface area contributed by atoms with Gasteiger partial charge in [0, 0.05) is 5.69 Å². The van der Waals surface area contributed by atoms with Crippen LogP contribution in [0.1, 0.15) is 10.4 Å². The smallest absolute Gasteiger partial charge is 0.339 e. The monoisotopic (exact) mass is 431 g/mol. The summed E-state index contributed by atoms with van der Waals surface area (Å²) in [5.74, 6) is -0.870. The molecule has 3 aromatic carbocycles. The molecule has 0 radical (unpaired) electrons. The highest BCUT2D eigenvalue weighted by Crippen LogP contribution is 2.20. The lowest BCUT2D eigenvalue weighted by molar-refractivity contribution is 0.0691. The Morgan fingerprint density at radius 3 is 2.20 bits per heavy atom. The molecule has 0 amide bonds. The number of anilines is 1. The van der Waals surface area contributed by atoms with E-state index in [0.717, 1.165) is 12.1 Å². The molecule has 0 aliphatic rings. The number of carboxylic acid groups (broad SMARTS) is 1. The summed E-state index contributed by atoms with van der Waals surface area (Å²) in [4.78, 5) is 11.1. The van der Waals surface area contributed by atoms with Crippen molar-refractivity contribution in [3.8, 4) is 11.5 Å². The van der Waals surface area contributed by atoms with Crippen molar-refractivity contribution in [2.24, 2.45) is 0 Å². The third-order valence-corrected chi connectivity index (χ3v) is 5.35. The molecule has 0 heterocycles. The van der Waals surface area contributed by atoms with Crippen LogP contribution in [0.25, 0.3) is 0 Å². The predicted molar refractivity (Wildman–Crippen MR) is 108 cm³/mol. The molecule has 7 nitrogen and oxygen atoms in total. The van der Waals surface area contributed by atoms with Gasteiger partial charge in [0.2, 0.25) is 0 Å². The number of benzene rings is 3. The second-order valence-electron chi connectivity index (χ2n) is 6.08. The first-order chi connectivity index (χ1) is 14.3. The topological polar surface area (TPSA) is 102 Å². The first-order valence-electron chi connectivity index (χ1n) is 8.81. The number of carboxylic acids is 1. The van der Waals surface area contributed by atoms with Gasteiger partial charge in [-0.1, -0.05) is 12.1 Å². The SMILES string of the molecule is O=C(O)c1ccccc1OCCOc1ccc(NS(=O)(=O)c2ccc(F)cc2)cc1. The third-order valence-electron chi connectivity index (χ3n) is 3.96. The fourth-order valence-electron chi connectivity index (χ4n) is 2.53. The molecule has 0 aliphatic heterocycles. The van der Waals surface area contributed by atoms with E-state index in [1.54, 1.807) is 30.3 Å². The molecule has 0 spiro atoms. The highest BCUT2D eigenvalue weighted by atomic mass is 32.2. The number of halogens is 1. The number of rotatable bonds is 9. The minimum Gasteiger partial charge on any atom is -0.490 e. The molecule has 2 N–H and O–H groups in total. The number of sulfonamides is 1. The molecule has 0 fully saturated rings. The molecule has 0 atom stereocenters. The van der Waals surface area contributed by atoms with E-state index in [1.165, 1.54) is 30.3 Å². The van der Waals surface area contributed by atoms with Crippen LogP contribution in [0.3, 0.4) is 0 Å².